The third kappa shape index (κ3) is 7.06. The number of nitrogens with zero attached hydrogens (tertiary/aromatic N) is 2. The Labute approximate surface area is 210 Å². The van der Waals surface area contributed by atoms with Crippen LogP contribution in [-0.2, 0) is 26.2 Å². The van der Waals surface area contributed by atoms with Gasteiger partial charge in [0.15, 0.2) is 0 Å². The average Bonchev–Trinajstić information content (AvgIpc) is 3.31. The number of halogens is 1. The van der Waals surface area contributed by atoms with E-state index in [0.717, 1.165) is 46.3 Å². The molecule has 7 nitrogen and oxygen atoms in total. The highest BCUT2D eigenvalue weighted by Gasteiger charge is 2.32. The van der Waals surface area contributed by atoms with E-state index in [0.29, 0.717) is 12.1 Å². The molecule has 2 amide bonds. The Balaban J connectivity index is 1.89. The van der Waals surface area contributed by atoms with Gasteiger partial charge in [-0.15, -0.1) is 0 Å². The molecule has 1 aliphatic rings. The van der Waals surface area contributed by atoms with Crippen LogP contribution in [0.25, 0.3) is 0 Å². The average molecular weight is 551 g/mol. The second-order valence-electron chi connectivity index (χ2n) is 8.67. The molecule has 1 fully saturated rings. The summed E-state index contributed by atoms with van der Waals surface area (Å²) in [6.45, 7) is 1.70. The van der Waals surface area contributed by atoms with E-state index in [2.05, 4.69) is 21.2 Å². The van der Waals surface area contributed by atoms with E-state index >= 15 is 0 Å². The predicted molar refractivity (Wildman–Crippen MR) is 138 cm³/mol. The third-order valence-corrected chi connectivity index (χ3v) is 7.75. The first-order chi connectivity index (χ1) is 16.2. The third-order valence-electron chi connectivity index (χ3n) is 6.08. The molecule has 1 N–H and O–H groups in total. The molecule has 0 saturated heterocycles. The van der Waals surface area contributed by atoms with Gasteiger partial charge in [0.2, 0.25) is 21.8 Å². The molecule has 1 atom stereocenters. The maximum atomic E-state index is 13.6. The fourth-order valence-electron chi connectivity index (χ4n) is 4.29. The number of anilines is 1. The molecule has 1 unspecified atom stereocenters. The fourth-order valence-corrected chi connectivity index (χ4v) is 5.40. The van der Waals surface area contributed by atoms with Crippen molar-refractivity contribution >= 4 is 43.5 Å². The number of hydrogen-bond donors (Lipinski definition) is 1. The number of rotatable bonds is 10. The smallest absolute Gasteiger partial charge is 0.244 e. The van der Waals surface area contributed by atoms with Crippen LogP contribution in [0.2, 0.25) is 0 Å². The molecule has 0 aliphatic heterocycles. The SMILES string of the molecule is CCC(C(=O)NC1CCCC1)N(Cc1ccccc1)C(=O)CN(c1ccc(Br)cc1)S(C)(=O)=O. The van der Waals surface area contributed by atoms with E-state index in [1.807, 2.05) is 37.3 Å². The summed E-state index contributed by atoms with van der Waals surface area (Å²) >= 11 is 3.35. The number of carbonyl (C=O) groups excluding carboxylic acids is 2. The van der Waals surface area contributed by atoms with Crippen LogP contribution in [-0.4, -0.2) is 50.0 Å². The Bertz CT molecular complexity index is 1070. The monoisotopic (exact) mass is 549 g/mol. The standard InChI is InChI=1S/C25H32BrN3O4S/c1-3-23(25(31)27-21-11-7-8-12-21)28(17-19-9-5-4-6-10-19)24(30)18-29(34(2,32)33)22-15-13-20(26)14-16-22/h4-6,9-10,13-16,21,23H,3,7-8,11-12,17-18H2,1-2H3,(H,27,31). The van der Waals surface area contributed by atoms with Gasteiger partial charge in [0.25, 0.3) is 0 Å². The Hall–Kier alpha value is -2.39. The van der Waals surface area contributed by atoms with Crippen molar-refractivity contribution in [1.82, 2.24) is 10.2 Å². The molecule has 1 saturated carbocycles. The van der Waals surface area contributed by atoms with E-state index in [9.17, 15) is 18.0 Å². The molecule has 2 aromatic carbocycles. The second kappa shape index (κ2) is 11.8. The summed E-state index contributed by atoms with van der Waals surface area (Å²) in [6, 6.07) is 15.6. The minimum absolute atomic E-state index is 0.130. The van der Waals surface area contributed by atoms with Crippen LogP contribution in [0.15, 0.2) is 59.1 Å². The van der Waals surface area contributed by atoms with Gasteiger partial charge >= 0.3 is 0 Å². The molecule has 2 aromatic rings. The zero-order valence-corrected chi connectivity index (χ0v) is 22.0. The van der Waals surface area contributed by atoms with Crippen LogP contribution < -0.4 is 9.62 Å². The summed E-state index contributed by atoms with van der Waals surface area (Å²) in [7, 11) is -3.73. The molecule has 0 bridgehead atoms. The lowest BCUT2D eigenvalue weighted by Gasteiger charge is -2.33. The zero-order valence-electron chi connectivity index (χ0n) is 19.6. The van der Waals surface area contributed by atoms with E-state index in [1.165, 1.54) is 4.90 Å². The van der Waals surface area contributed by atoms with E-state index in [1.54, 1.807) is 24.3 Å². The van der Waals surface area contributed by atoms with Crippen LogP contribution in [0.1, 0.15) is 44.6 Å². The lowest BCUT2D eigenvalue weighted by molar-refractivity contribution is -0.140. The van der Waals surface area contributed by atoms with Crippen molar-refractivity contribution < 1.29 is 18.0 Å². The van der Waals surface area contributed by atoms with Crippen molar-refractivity contribution in [2.75, 3.05) is 17.1 Å². The number of amides is 2. The quantitative estimate of drug-likeness (QED) is 0.483. The summed E-state index contributed by atoms with van der Waals surface area (Å²) < 4.78 is 27.1. The number of carbonyl (C=O) groups is 2. The van der Waals surface area contributed by atoms with Crippen LogP contribution in [0, 0.1) is 0 Å². The minimum atomic E-state index is -3.73. The van der Waals surface area contributed by atoms with Gasteiger partial charge in [-0.3, -0.25) is 13.9 Å². The van der Waals surface area contributed by atoms with Gasteiger partial charge in [-0.05, 0) is 49.1 Å². The number of hydrogen-bond acceptors (Lipinski definition) is 4. The highest BCUT2D eigenvalue weighted by molar-refractivity contribution is 9.10. The van der Waals surface area contributed by atoms with Crippen molar-refractivity contribution in [2.45, 2.75) is 57.7 Å². The normalized spacial score (nSPS) is 15.0. The number of benzene rings is 2. The maximum absolute atomic E-state index is 13.6. The predicted octanol–water partition coefficient (Wildman–Crippen LogP) is 4.08. The van der Waals surface area contributed by atoms with Gasteiger partial charge in [-0.2, -0.15) is 0 Å². The number of sulfonamides is 1. The summed E-state index contributed by atoms with van der Waals surface area (Å²) in [5, 5.41) is 3.10. The molecular weight excluding hydrogens is 518 g/mol. The molecule has 1 aliphatic carbocycles. The second-order valence-corrected chi connectivity index (χ2v) is 11.5. The van der Waals surface area contributed by atoms with E-state index in [4.69, 9.17) is 0 Å². The first-order valence-corrected chi connectivity index (χ1v) is 14.2. The Kier molecular flexibility index (Phi) is 9.13. The van der Waals surface area contributed by atoms with Crippen molar-refractivity contribution in [3.05, 3.63) is 64.6 Å². The van der Waals surface area contributed by atoms with Gasteiger partial charge < -0.3 is 10.2 Å². The number of nitrogens with one attached hydrogen (secondary N) is 1. The van der Waals surface area contributed by atoms with Gasteiger partial charge in [0, 0.05) is 17.1 Å². The highest BCUT2D eigenvalue weighted by atomic mass is 79.9. The summed E-state index contributed by atoms with van der Waals surface area (Å²) in [5.74, 6) is -0.612. The summed E-state index contributed by atoms with van der Waals surface area (Å²) in [4.78, 5) is 28.3. The molecular formula is C25H32BrN3O4S. The molecule has 9 heteroatoms. The van der Waals surface area contributed by atoms with Crippen LogP contribution >= 0.6 is 15.9 Å². The zero-order chi connectivity index (χ0) is 24.7. The van der Waals surface area contributed by atoms with Crippen LogP contribution in [0.4, 0.5) is 5.69 Å². The van der Waals surface area contributed by atoms with Crippen LogP contribution in [0.5, 0.6) is 0 Å². The summed E-state index contributed by atoms with van der Waals surface area (Å²) in [6.07, 6.45) is 5.57. The Morgan fingerprint density at radius 3 is 2.24 bits per heavy atom. The first kappa shape index (κ1) is 26.2. The molecule has 184 valence electrons. The highest BCUT2D eigenvalue weighted by Crippen LogP contribution is 2.23. The van der Waals surface area contributed by atoms with Crippen molar-refractivity contribution in [1.29, 1.82) is 0 Å². The van der Waals surface area contributed by atoms with E-state index < -0.39 is 22.0 Å². The van der Waals surface area contributed by atoms with Gasteiger partial charge in [0.05, 0.1) is 11.9 Å². The molecule has 0 aromatic heterocycles. The molecule has 3 rings (SSSR count). The fraction of sp³-hybridized carbons (Fsp3) is 0.440. The lowest BCUT2D eigenvalue weighted by atomic mass is 10.1. The van der Waals surface area contributed by atoms with Gasteiger partial charge in [0.1, 0.15) is 12.6 Å². The molecule has 0 radical (unpaired) electrons. The van der Waals surface area contributed by atoms with Crippen LogP contribution in [0.3, 0.4) is 0 Å². The lowest BCUT2D eigenvalue weighted by Crippen LogP contribution is -2.53. The van der Waals surface area contributed by atoms with Gasteiger partial charge in [-0.1, -0.05) is 66.0 Å². The molecule has 34 heavy (non-hydrogen) atoms. The topological polar surface area (TPSA) is 86.8 Å². The van der Waals surface area contributed by atoms with Crippen molar-refractivity contribution in [3.63, 3.8) is 0 Å². The summed E-state index contributed by atoms with van der Waals surface area (Å²) in [5.41, 5.74) is 1.26. The molecule has 0 spiro atoms. The minimum Gasteiger partial charge on any atom is -0.352 e. The first-order valence-electron chi connectivity index (χ1n) is 11.6. The maximum Gasteiger partial charge on any atom is 0.244 e. The van der Waals surface area contributed by atoms with E-state index in [-0.39, 0.29) is 25.0 Å². The largest absolute Gasteiger partial charge is 0.352 e. The Morgan fingerprint density at radius 2 is 1.68 bits per heavy atom. The van der Waals surface area contributed by atoms with Crippen molar-refractivity contribution in [3.8, 4) is 0 Å². The van der Waals surface area contributed by atoms with Gasteiger partial charge in [-0.25, -0.2) is 8.42 Å². The molecule has 0 heterocycles. The Morgan fingerprint density at radius 1 is 1.06 bits per heavy atom. The van der Waals surface area contributed by atoms with Crippen molar-refractivity contribution in [2.24, 2.45) is 0 Å².